The van der Waals surface area contributed by atoms with E-state index in [1.165, 1.54) is 0 Å². The Hall–Kier alpha value is -2.93. The largest absolute Gasteiger partial charge is 0.497 e. The summed E-state index contributed by atoms with van der Waals surface area (Å²) in [4.78, 5) is 10.9. The molecule has 7 heteroatoms. The molecule has 4 rings (SSSR count). The van der Waals surface area contributed by atoms with Crippen molar-refractivity contribution in [3.63, 3.8) is 0 Å². The first-order chi connectivity index (χ1) is 12.3. The minimum Gasteiger partial charge on any atom is -0.497 e. The van der Waals surface area contributed by atoms with Crippen LogP contribution in [0.4, 0.5) is 5.82 Å². The van der Waals surface area contributed by atoms with Gasteiger partial charge in [0.1, 0.15) is 17.9 Å². The molecule has 0 atom stereocenters. The van der Waals surface area contributed by atoms with Gasteiger partial charge in [-0.15, -0.1) is 0 Å². The normalized spacial score (nSPS) is 14.5. The molecule has 1 fully saturated rings. The monoisotopic (exact) mass is 337 g/mol. The SMILES string of the molecule is COc1cccc(-c2ccn(-c3cc(N4CCOCC4)ncn3)n2)c1. The van der Waals surface area contributed by atoms with Gasteiger partial charge in [0.2, 0.25) is 0 Å². The van der Waals surface area contributed by atoms with E-state index in [0.29, 0.717) is 0 Å². The lowest BCUT2D eigenvalue weighted by atomic mass is 10.1. The van der Waals surface area contributed by atoms with Gasteiger partial charge in [-0.1, -0.05) is 12.1 Å². The maximum Gasteiger partial charge on any atom is 0.158 e. The number of nitrogens with zero attached hydrogens (tertiary/aromatic N) is 5. The number of aromatic nitrogens is 4. The summed E-state index contributed by atoms with van der Waals surface area (Å²) < 4.78 is 12.4. The lowest BCUT2D eigenvalue weighted by Gasteiger charge is -2.27. The number of hydrogen-bond donors (Lipinski definition) is 0. The second-order valence-corrected chi connectivity index (χ2v) is 5.71. The molecule has 1 aliphatic rings. The van der Waals surface area contributed by atoms with Gasteiger partial charge in [0, 0.05) is 30.9 Å². The Morgan fingerprint density at radius 1 is 1.04 bits per heavy atom. The minimum absolute atomic E-state index is 0.723. The zero-order valence-electron chi connectivity index (χ0n) is 14.0. The van der Waals surface area contributed by atoms with E-state index in [4.69, 9.17) is 9.47 Å². The van der Waals surface area contributed by atoms with Crippen LogP contribution in [0.5, 0.6) is 5.75 Å². The Morgan fingerprint density at radius 3 is 2.72 bits per heavy atom. The van der Waals surface area contributed by atoms with E-state index >= 15 is 0 Å². The van der Waals surface area contributed by atoms with Crippen LogP contribution in [0.2, 0.25) is 0 Å². The fourth-order valence-corrected chi connectivity index (χ4v) is 2.82. The summed E-state index contributed by atoms with van der Waals surface area (Å²) in [5.74, 6) is 2.45. The lowest BCUT2D eigenvalue weighted by Crippen LogP contribution is -2.36. The van der Waals surface area contributed by atoms with E-state index in [1.54, 1.807) is 18.1 Å². The van der Waals surface area contributed by atoms with E-state index in [-0.39, 0.29) is 0 Å². The van der Waals surface area contributed by atoms with Gasteiger partial charge in [0.25, 0.3) is 0 Å². The second kappa shape index (κ2) is 6.90. The predicted octanol–water partition coefficient (Wildman–Crippen LogP) is 2.17. The summed E-state index contributed by atoms with van der Waals surface area (Å²) in [6, 6.07) is 11.8. The van der Waals surface area contributed by atoms with Gasteiger partial charge in [-0.3, -0.25) is 0 Å². The first kappa shape index (κ1) is 15.6. The van der Waals surface area contributed by atoms with Crippen LogP contribution < -0.4 is 9.64 Å². The van der Waals surface area contributed by atoms with Crippen molar-refractivity contribution in [1.82, 2.24) is 19.7 Å². The first-order valence-corrected chi connectivity index (χ1v) is 8.19. The topological polar surface area (TPSA) is 65.3 Å². The van der Waals surface area contributed by atoms with Crippen LogP contribution in [-0.4, -0.2) is 53.2 Å². The molecule has 2 aromatic heterocycles. The molecule has 1 saturated heterocycles. The molecule has 3 heterocycles. The highest BCUT2D eigenvalue weighted by Gasteiger charge is 2.14. The average molecular weight is 337 g/mol. The number of morpholine rings is 1. The van der Waals surface area contributed by atoms with Gasteiger partial charge in [0.15, 0.2) is 5.82 Å². The summed E-state index contributed by atoms with van der Waals surface area (Å²) in [6.07, 6.45) is 3.48. The summed E-state index contributed by atoms with van der Waals surface area (Å²) >= 11 is 0. The van der Waals surface area contributed by atoms with E-state index < -0.39 is 0 Å². The van der Waals surface area contributed by atoms with Crippen molar-refractivity contribution in [2.24, 2.45) is 0 Å². The number of methoxy groups -OCH3 is 1. The zero-order chi connectivity index (χ0) is 17.1. The van der Waals surface area contributed by atoms with Crippen LogP contribution >= 0.6 is 0 Å². The Morgan fingerprint density at radius 2 is 1.88 bits per heavy atom. The fraction of sp³-hybridized carbons (Fsp3) is 0.278. The van der Waals surface area contributed by atoms with Crippen molar-refractivity contribution in [2.75, 3.05) is 38.3 Å². The van der Waals surface area contributed by atoms with Crippen molar-refractivity contribution >= 4 is 5.82 Å². The molecule has 1 aromatic carbocycles. The van der Waals surface area contributed by atoms with Gasteiger partial charge < -0.3 is 14.4 Å². The number of rotatable bonds is 4. The molecule has 0 saturated carbocycles. The van der Waals surface area contributed by atoms with Crippen molar-refractivity contribution in [2.45, 2.75) is 0 Å². The summed E-state index contributed by atoms with van der Waals surface area (Å²) in [5, 5.41) is 4.64. The molecule has 128 valence electrons. The Balaban J connectivity index is 1.61. The standard InChI is InChI=1S/C18H19N5O2/c1-24-15-4-2-3-14(11-15)16-5-6-23(21-16)18-12-17(19-13-20-18)22-7-9-25-10-8-22/h2-6,11-13H,7-10H2,1H3. The van der Waals surface area contributed by atoms with Crippen molar-refractivity contribution in [1.29, 1.82) is 0 Å². The van der Waals surface area contributed by atoms with Crippen LogP contribution in [0.3, 0.4) is 0 Å². The van der Waals surface area contributed by atoms with Crippen LogP contribution in [0.25, 0.3) is 17.1 Å². The molecule has 7 nitrogen and oxygen atoms in total. The molecule has 1 aliphatic heterocycles. The molecule has 0 unspecified atom stereocenters. The molecular weight excluding hydrogens is 318 g/mol. The van der Waals surface area contributed by atoms with Crippen molar-refractivity contribution in [3.05, 3.63) is 48.9 Å². The molecule has 25 heavy (non-hydrogen) atoms. The second-order valence-electron chi connectivity index (χ2n) is 5.71. The fourth-order valence-electron chi connectivity index (χ4n) is 2.82. The van der Waals surface area contributed by atoms with Crippen LogP contribution in [0.1, 0.15) is 0 Å². The van der Waals surface area contributed by atoms with Crippen LogP contribution in [-0.2, 0) is 4.74 Å². The number of ether oxygens (including phenoxy) is 2. The quantitative estimate of drug-likeness (QED) is 0.727. The van der Waals surface area contributed by atoms with Crippen LogP contribution in [0.15, 0.2) is 48.9 Å². The average Bonchev–Trinajstić information content (AvgIpc) is 3.19. The molecule has 0 radical (unpaired) electrons. The van der Waals surface area contributed by atoms with Crippen LogP contribution in [0, 0.1) is 0 Å². The Labute approximate surface area is 145 Å². The van der Waals surface area contributed by atoms with E-state index in [0.717, 1.165) is 54.9 Å². The highest BCUT2D eigenvalue weighted by Crippen LogP contribution is 2.23. The van der Waals surface area contributed by atoms with Gasteiger partial charge in [0.05, 0.1) is 26.0 Å². The third kappa shape index (κ3) is 3.32. The predicted molar refractivity (Wildman–Crippen MR) is 94.2 cm³/mol. The summed E-state index contributed by atoms with van der Waals surface area (Å²) in [7, 11) is 1.66. The zero-order valence-corrected chi connectivity index (χ0v) is 14.0. The smallest absolute Gasteiger partial charge is 0.158 e. The van der Waals surface area contributed by atoms with Crippen molar-refractivity contribution < 1.29 is 9.47 Å². The van der Waals surface area contributed by atoms with E-state index in [2.05, 4.69) is 20.0 Å². The highest BCUT2D eigenvalue weighted by molar-refractivity contribution is 5.61. The number of anilines is 1. The van der Waals surface area contributed by atoms with Gasteiger partial charge in [-0.2, -0.15) is 5.10 Å². The third-order valence-electron chi connectivity index (χ3n) is 4.16. The molecule has 3 aromatic rings. The third-order valence-corrected chi connectivity index (χ3v) is 4.16. The Bertz CT molecular complexity index is 858. The molecule has 0 N–H and O–H groups in total. The van der Waals surface area contributed by atoms with E-state index in [1.807, 2.05) is 42.6 Å². The lowest BCUT2D eigenvalue weighted by molar-refractivity contribution is 0.122. The molecule has 0 spiro atoms. The summed E-state index contributed by atoms with van der Waals surface area (Å²) in [6.45, 7) is 3.12. The van der Waals surface area contributed by atoms with Crippen molar-refractivity contribution in [3.8, 4) is 22.8 Å². The maximum absolute atomic E-state index is 5.39. The number of benzene rings is 1. The van der Waals surface area contributed by atoms with Gasteiger partial charge in [-0.05, 0) is 18.2 Å². The Kier molecular flexibility index (Phi) is 4.30. The molecule has 0 bridgehead atoms. The van der Waals surface area contributed by atoms with E-state index in [9.17, 15) is 0 Å². The molecular formula is C18H19N5O2. The minimum atomic E-state index is 0.723. The molecule has 0 aliphatic carbocycles. The first-order valence-electron chi connectivity index (χ1n) is 8.19. The number of hydrogen-bond acceptors (Lipinski definition) is 6. The maximum atomic E-state index is 5.39. The molecule has 0 amide bonds. The van der Waals surface area contributed by atoms with Gasteiger partial charge in [-0.25, -0.2) is 14.6 Å². The summed E-state index contributed by atoms with van der Waals surface area (Å²) in [5.41, 5.74) is 1.87. The van der Waals surface area contributed by atoms with Gasteiger partial charge >= 0.3 is 0 Å². The highest BCUT2D eigenvalue weighted by atomic mass is 16.5.